The summed E-state index contributed by atoms with van der Waals surface area (Å²) >= 11 is 0. The van der Waals surface area contributed by atoms with Crippen molar-refractivity contribution in [2.24, 2.45) is 0 Å². The molecule has 1 aromatic rings. The zero-order chi connectivity index (χ0) is 15.1. The molecule has 0 bridgehead atoms. The van der Waals surface area contributed by atoms with Gasteiger partial charge < -0.3 is 10.1 Å². The number of aromatic amines is 1. The zero-order valence-electron chi connectivity index (χ0n) is 11.3. The normalized spacial score (nSPS) is 9.70. The lowest BCUT2D eigenvalue weighted by molar-refractivity contribution is -0.138. The van der Waals surface area contributed by atoms with E-state index in [0.29, 0.717) is 5.69 Å². The van der Waals surface area contributed by atoms with E-state index in [2.05, 4.69) is 27.2 Å². The molecule has 1 rings (SSSR count). The Labute approximate surface area is 115 Å². The van der Waals surface area contributed by atoms with Crippen molar-refractivity contribution in [3.8, 4) is 0 Å². The Morgan fingerprint density at radius 3 is 2.80 bits per heavy atom. The molecule has 8 nitrogen and oxygen atoms in total. The van der Waals surface area contributed by atoms with E-state index in [4.69, 9.17) is 4.74 Å². The van der Waals surface area contributed by atoms with Gasteiger partial charge in [0.25, 0.3) is 5.56 Å². The second kappa shape index (κ2) is 7.07. The van der Waals surface area contributed by atoms with E-state index < -0.39 is 12.0 Å². The van der Waals surface area contributed by atoms with Crippen LogP contribution in [0.3, 0.4) is 0 Å². The number of rotatable bonds is 5. The second-order valence-corrected chi connectivity index (χ2v) is 3.87. The van der Waals surface area contributed by atoms with Crippen molar-refractivity contribution in [2.45, 2.75) is 13.8 Å². The van der Waals surface area contributed by atoms with E-state index in [0.717, 1.165) is 0 Å². The Bertz CT molecular complexity index is 579. The van der Waals surface area contributed by atoms with Crippen molar-refractivity contribution < 1.29 is 14.3 Å². The fourth-order valence-electron chi connectivity index (χ4n) is 1.28. The van der Waals surface area contributed by atoms with Gasteiger partial charge in [-0.3, -0.25) is 15.1 Å². The Balaban J connectivity index is 2.50. The Hall–Kier alpha value is -2.64. The lowest BCUT2D eigenvalue weighted by atomic mass is 10.3. The first-order valence-corrected chi connectivity index (χ1v) is 5.90. The molecule has 0 saturated carbocycles. The average Bonchev–Trinajstić information content (AvgIpc) is 2.34. The number of carbonyl (C=O) groups is 2. The molecule has 0 aromatic carbocycles. The molecule has 0 unspecified atom stereocenters. The van der Waals surface area contributed by atoms with Crippen LogP contribution in [0.2, 0.25) is 0 Å². The number of amides is 2. The maximum absolute atomic E-state index is 11.5. The van der Waals surface area contributed by atoms with Gasteiger partial charge in [-0.2, -0.15) is 0 Å². The molecule has 108 valence electrons. The van der Waals surface area contributed by atoms with Crippen LogP contribution in [0, 0.1) is 6.92 Å². The van der Waals surface area contributed by atoms with Crippen molar-refractivity contribution in [1.29, 1.82) is 0 Å². The molecule has 1 heterocycles. The number of hydrogen-bond donors (Lipinski definition) is 3. The van der Waals surface area contributed by atoms with Crippen LogP contribution in [0.15, 0.2) is 23.0 Å². The number of aryl methyl sites for hydroxylation is 1. The number of nitrogens with zero attached hydrogens (tertiary/aromatic N) is 1. The van der Waals surface area contributed by atoms with Gasteiger partial charge in [-0.25, -0.2) is 14.6 Å². The van der Waals surface area contributed by atoms with Crippen LogP contribution in [0.5, 0.6) is 0 Å². The molecule has 0 aliphatic carbocycles. The predicted octanol–water partition coefficient (Wildman–Crippen LogP) is 0.319. The molecule has 3 N–H and O–H groups in total. The van der Waals surface area contributed by atoms with E-state index in [1.54, 1.807) is 13.8 Å². The summed E-state index contributed by atoms with van der Waals surface area (Å²) in [5.41, 5.74) is 0.219. The highest BCUT2D eigenvalue weighted by Crippen LogP contribution is 1.96. The molecule has 0 fully saturated rings. The SMILES string of the molecule is C=C(CNC(=O)Nc1nc(C)cc(=O)[nH]1)C(=O)OCC. The maximum Gasteiger partial charge on any atom is 0.335 e. The van der Waals surface area contributed by atoms with Gasteiger partial charge >= 0.3 is 12.0 Å². The van der Waals surface area contributed by atoms with Gasteiger partial charge in [-0.05, 0) is 13.8 Å². The quantitative estimate of drug-likeness (QED) is 0.531. The molecule has 0 atom stereocenters. The molecule has 0 spiro atoms. The molecule has 1 aromatic heterocycles. The highest BCUT2D eigenvalue weighted by molar-refractivity contribution is 5.91. The van der Waals surface area contributed by atoms with Crippen LogP contribution in [-0.2, 0) is 9.53 Å². The Morgan fingerprint density at radius 2 is 2.20 bits per heavy atom. The van der Waals surface area contributed by atoms with Crippen LogP contribution >= 0.6 is 0 Å². The van der Waals surface area contributed by atoms with Gasteiger partial charge in [-0.15, -0.1) is 0 Å². The van der Waals surface area contributed by atoms with Crippen LogP contribution in [-0.4, -0.2) is 35.1 Å². The number of esters is 1. The summed E-state index contributed by atoms with van der Waals surface area (Å²) in [4.78, 5) is 40.3. The maximum atomic E-state index is 11.5. The van der Waals surface area contributed by atoms with Gasteiger partial charge in [0.05, 0.1) is 13.2 Å². The largest absolute Gasteiger partial charge is 0.463 e. The summed E-state index contributed by atoms with van der Waals surface area (Å²) < 4.78 is 4.72. The van der Waals surface area contributed by atoms with E-state index in [-0.39, 0.29) is 30.2 Å². The molecule has 0 radical (unpaired) electrons. The molecule has 20 heavy (non-hydrogen) atoms. The smallest absolute Gasteiger partial charge is 0.335 e. The van der Waals surface area contributed by atoms with Crippen LogP contribution in [0.1, 0.15) is 12.6 Å². The summed E-state index contributed by atoms with van der Waals surface area (Å²) in [7, 11) is 0. The van der Waals surface area contributed by atoms with Crippen molar-refractivity contribution in [3.05, 3.63) is 34.3 Å². The average molecular weight is 280 g/mol. The van der Waals surface area contributed by atoms with Gasteiger partial charge in [0.1, 0.15) is 0 Å². The second-order valence-electron chi connectivity index (χ2n) is 3.87. The molecular weight excluding hydrogens is 264 g/mol. The minimum absolute atomic E-state index is 0.0225. The van der Waals surface area contributed by atoms with Gasteiger partial charge in [0.2, 0.25) is 5.95 Å². The summed E-state index contributed by atoms with van der Waals surface area (Å²) in [6.07, 6.45) is 0. The Kier molecular flexibility index (Phi) is 5.45. The molecular formula is C12H16N4O4. The molecule has 0 aliphatic heterocycles. The summed E-state index contributed by atoms with van der Waals surface area (Å²) in [6, 6.07) is 0.676. The predicted molar refractivity (Wildman–Crippen MR) is 72.4 cm³/mol. The summed E-state index contributed by atoms with van der Waals surface area (Å²) in [5, 5.41) is 4.74. The topological polar surface area (TPSA) is 113 Å². The molecule has 0 saturated heterocycles. The molecule has 0 aliphatic rings. The fraction of sp³-hybridized carbons (Fsp3) is 0.333. The minimum atomic E-state index is -0.621. The summed E-state index contributed by atoms with van der Waals surface area (Å²) in [6.45, 7) is 6.95. The van der Waals surface area contributed by atoms with E-state index in [1.807, 2.05) is 0 Å². The Morgan fingerprint density at radius 1 is 1.50 bits per heavy atom. The lowest BCUT2D eigenvalue weighted by Crippen LogP contribution is -2.33. The van der Waals surface area contributed by atoms with Crippen molar-refractivity contribution in [1.82, 2.24) is 15.3 Å². The number of aromatic nitrogens is 2. The molecule has 8 heteroatoms. The third kappa shape index (κ3) is 4.92. The number of ether oxygens (including phenoxy) is 1. The number of nitrogens with one attached hydrogen (secondary N) is 3. The number of urea groups is 1. The van der Waals surface area contributed by atoms with Crippen molar-refractivity contribution in [2.75, 3.05) is 18.5 Å². The monoisotopic (exact) mass is 280 g/mol. The summed E-state index contributed by atoms with van der Waals surface area (Å²) in [5.74, 6) is -0.552. The minimum Gasteiger partial charge on any atom is -0.463 e. The van der Waals surface area contributed by atoms with Gasteiger partial charge in [-0.1, -0.05) is 6.58 Å². The van der Waals surface area contributed by atoms with E-state index in [9.17, 15) is 14.4 Å². The van der Waals surface area contributed by atoms with Crippen LogP contribution in [0.4, 0.5) is 10.7 Å². The molecule has 2 amide bonds. The number of anilines is 1. The highest BCUT2D eigenvalue weighted by Gasteiger charge is 2.10. The van der Waals surface area contributed by atoms with Crippen molar-refractivity contribution >= 4 is 17.9 Å². The van der Waals surface area contributed by atoms with E-state index >= 15 is 0 Å². The standard InChI is InChI=1S/C12H16N4O4/c1-4-20-10(18)7(2)6-13-12(19)16-11-14-8(3)5-9(17)15-11/h5H,2,4,6H2,1,3H3,(H3,13,14,15,16,17,19). The number of hydrogen-bond acceptors (Lipinski definition) is 5. The van der Waals surface area contributed by atoms with Gasteiger partial charge in [0, 0.05) is 17.3 Å². The first-order chi connectivity index (χ1) is 9.42. The third-order valence-corrected chi connectivity index (χ3v) is 2.13. The first kappa shape index (κ1) is 15.4. The highest BCUT2D eigenvalue weighted by atomic mass is 16.5. The van der Waals surface area contributed by atoms with Crippen LogP contribution in [0.25, 0.3) is 0 Å². The van der Waals surface area contributed by atoms with Crippen LogP contribution < -0.4 is 16.2 Å². The fourth-order valence-corrected chi connectivity index (χ4v) is 1.28. The lowest BCUT2D eigenvalue weighted by Gasteiger charge is -2.08. The van der Waals surface area contributed by atoms with E-state index in [1.165, 1.54) is 6.07 Å². The number of carbonyl (C=O) groups excluding carboxylic acids is 2. The third-order valence-electron chi connectivity index (χ3n) is 2.13. The van der Waals surface area contributed by atoms with Crippen molar-refractivity contribution in [3.63, 3.8) is 0 Å². The zero-order valence-corrected chi connectivity index (χ0v) is 11.3. The van der Waals surface area contributed by atoms with Gasteiger partial charge in [0.15, 0.2) is 0 Å². The number of H-pyrrole nitrogens is 1. The first-order valence-electron chi connectivity index (χ1n) is 5.90.